The fraction of sp³-hybridized carbons (Fsp3) is 1.00. The fourth-order valence-corrected chi connectivity index (χ4v) is 1.54. The summed E-state index contributed by atoms with van der Waals surface area (Å²) in [5.41, 5.74) is 0. The molecule has 0 heterocycles. The monoisotopic (exact) mass is 200 g/mol. The maximum absolute atomic E-state index is 5.22. The average molecular weight is 200 g/mol. The van der Waals surface area contributed by atoms with Crippen molar-refractivity contribution < 1.29 is 4.74 Å². The van der Waals surface area contributed by atoms with Crippen LogP contribution < -0.4 is 5.32 Å². The Morgan fingerprint density at radius 2 is 2.07 bits per heavy atom. The molecule has 0 aromatic rings. The third-order valence-corrected chi connectivity index (χ3v) is 3.09. The molecule has 1 rings (SSSR count). The Hall–Kier alpha value is -0.120. The maximum Gasteiger partial charge on any atom is 0.0618 e. The van der Waals surface area contributed by atoms with Crippen molar-refractivity contribution in [1.29, 1.82) is 0 Å². The van der Waals surface area contributed by atoms with E-state index in [2.05, 4.69) is 31.2 Å². The number of nitrogens with one attached hydrogen (secondary N) is 1. The van der Waals surface area contributed by atoms with E-state index in [-0.39, 0.29) is 0 Å². The highest BCUT2D eigenvalue weighted by Gasteiger charge is 2.30. The first-order valence-electron chi connectivity index (χ1n) is 5.54. The van der Waals surface area contributed by atoms with E-state index in [4.69, 9.17) is 4.74 Å². The summed E-state index contributed by atoms with van der Waals surface area (Å²) in [6.07, 6.45) is 2.74. The molecule has 0 amide bonds. The molecule has 2 unspecified atom stereocenters. The average Bonchev–Trinajstić information content (AvgIpc) is 2.94. The fourth-order valence-electron chi connectivity index (χ4n) is 1.54. The van der Waals surface area contributed by atoms with Gasteiger partial charge >= 0.3 is 0 Å². The molecule has 0 bridgehead atoms. The van der Waals surface area contributed by atoms with E-state index in [9.17, 15) is 0 Å². The smallest absolute Gasteiger partial charge is 0.0618 e. The lowest BCUT2D eigenvalue weighted by Crippen LogP contribution is -2.43. The molecule has 1 aliphatic carbocycles. The van der Waals surface area contributed by atoms with Crippen LogP contribution in [0.15, 0.2) is 0 Å². The highest BCUT2D eigenvalue weighted by atomic mass is 16.5. The van der Waals surface area contributed by atoms with Crippen LogP contribution in [0.4, 0.5) is 0 Å². The predicted octanol–water partition coefficient (Wildman–Crippen LogP) is 0.951. The summed E-state index contributed by atoms with van der Waals surface area (Å²) in [5.74, 6) is 0.865. The molecule has 84 valence electrons. The van der Waals surface area contributed by atoms with Gasteiger partial charge in [0.05, 0.1) is 6.61 Å². The number of hydrogen-bond acceptors (Lipinski definition) is 3. The summed E-state index contributed by atoms with van der Waals surface area (Å²) < 4.78 is 5.22. The summed E-state index contributed by atoms with van der Waals surface area (Å²) >= 11 is 0. The minimum Gasteiger partial charge on any atom is -0.383 e. The molecule has 1 N–H and O–H groups in total. The Balaban J connectivity index is 2.18. The van der Waals surface area contributed by atoms with Gasteiger partial charge in [-0.3, -0.25) is 0 Å². The molecule has 1 saturated carbocycles. The first kappa shape index (κ1) is 12.0. The normalized spacial score (nSPS) is 21.2. The van der Waals surface area contributed by atoms with Crippen LogP contribution >= 0.6 is 0 Å². The molecule has 0 aliphatic heterocycles. The second kappa shape index (κ2) is 5.69. The molecule has 0 spiro atoms. The molecule has 1 fully saturated rings. The van der Waals surface area contributed by atoms with Gasteiger partial charge in [-0.25, -0.2) is 0 Å². The molecule has 14 heavy (non-hydrogen) atoms. The molecule has 3 heteroatoms. The zero-order valence-electron chi connectivity index (χ0n) is 9.92. The number of ether oxygens (including phenoxy) is 1. The van der Waals surface area contributed by atoms with Gasteiger partial charge in [-0.2, -0.15) is 0 Å². The van der Waals surface area contributed by atoms with Gasteiger partial charge in [-0.15, -0.1) is 0 Å². The van der Waals surface area contributed by atoms with E-state index in [0.717, 1.165) is 19.1 Å². The van der Waals surface area contributed by atoms with Gasteiger partial charge in [0.1, 0.15) is 0 Å². The first-order chi connectivity index (χ1) is 6.65. The van der Waals surface area contributed by atoms with Crippen molar-refractivity contribution >= 4 is 0 Å². The molecule has 0 radical (unpaired) electrons. The molecule has 3 nitrogen and oxygen atoms in total. The number of nitrogens with zero attached hydrogens (tertiary/aromatic N) is 1. The van der Waals surface area contributed by atoms with Crippen molar-refractivity contribution in [3.05, 3.63) is 0 Å². The minimum atomic E-state index is 0.572. The van der Waals surface area contributed by atoms with Crippen molar-refractivity contribution in [3.63, 3.8) is 0 Å². The topological polar surface area (TPSA) is 24.5 Å². The zero-order valence-corrected chi connectivity index (χ0v) is 9.92. The van der Waals surface area contributed by atoms with E-state index in [0.29, 0.717) is 12.1 Å². The molecular formula is C11H24N2O. The molecule has 0 aromatic carbocycles. The molecule has 0 saturated heterocycles. The lowest BCUT2D eigenvalue weighted by molar-refractivity contribution is 0.152. The van der Waals surface area contributed by atoms with Crippen LogP contribution in [-0.2, 0) is 4.74 Å². The summed E-state index contributed by atoms with van der Waals surface area (Å²) in [4.78, 5) is 2.24. The van der Waals surface area contributed by atoms with Gasteiger partial charge in [0.25, 0.3) is 0 Å². The Morgan fingerprint density at radius 3 is 2.50 bits per heavy atom. The maximum atomic E-state index is 5.22. The summed E-state index contributed by atoms with van der Waals surface area (Å²) in [6, 6.07) is 1.16. The Labute approximate surface area is 87.8 Å². The summed E-state index contributed by atoms with van der Waals surface area (Å²) in [5, 5.41) is 3.60. The predicted molar refractivity (Wildman–Crippen MR) is 59.5 cm³/mol. The van der Waals surface area contributed by atoms with Gasteiger partial charge in [-0.1, -0.05) is 0 Å². The van der Waals surface area contributed by atoms with Crippen LogP contribution in [0, 0.1) is 5.92 Å². The van der Waals surface area contributed by atoms with Gasteiger partial charge in [-0.05, 0) is 39.8 Å². The number of hydrogen-bond donors (Lipinski definition) is 1. The summed E-state index contributed by atoms with van der Waals surface area (Å²) in [7, 11) is 6.02. The van der Waals surface area contributed by atoms with Crippen molar-refractivity contribution in [2.45, 2.75) is 31.8 Å². The van der Waals surface area contributed by atoms with Crippen molar-refractivity contribution in [1.82, 2.24) is 10.2 Å². The summed E-state index contributed by atoms with van der Waals surface area (Å²) in [6.45, 7) is 4.14. The Bertz CT molecular complexity index is 157. The SMILES string of the molecule is COCC(NCC(C)N(C)C)C1CC1. The molecule has 1 aliphatic rings. The van der Waals surface area contributed by atoms with E-state index in [1.54, 1.807) is 7.11 Å². The zero-order chi connectivity index (χ0) is 10.6. The van der Waals surface area contributed by atoms with Gasteiger partial charge in [0.15, 0.2) is 0 Å². The largest absolute Gasteiger partial charge is 0.383 e. The van der Waals surface area contributed by atoms with Crippen LogP contribution in [-0.4, -0.2) is 51.3 Å². The van der Waals surface area contributed by atoms with Crippen molar-refractivity contribution in [2.75, 3.05) is 34.4 Å². The van der Waals surface area contributed by atoms with E-state index in [1.807, 2.05) is 0 Å². The van der Waals surface area contributed by atoms with Crippen LogP contribution in [0.2, 0.25) is 0 Å². The van der Waals surface area contributed by atoms with Gasteiger partial charge in [0, 0.05) is 25.7 Å². The minimum absolute atomic E-state index is 0.572. The third kappa shape index (κ3) is 3.95. The number of methoxy groups -OCH3 is 1. The molecule has 0 aromatic heterocycles. The quantitative estimate of drug-likeness (QED) is 0.662. The lowest BCUT2D eigenvalue weighted by Gasteiger charge is -2.24. The Morgan fingerprint density at radius 1 is 1.43 bits per heavy atom. The number of likely N-dealkylation sites (N-methyl/N-ethyl adjacent to an activating group) is 1. The first-order valence-corrected chi connectivity index (χ1v) is 5.54. The van der Waals surface area contributed by atoms with E-state index in [1.165, 1.54) is 12.8 Å². The Kier molecular flexibility index (Phi) is 4.85. The van der Waals surface area contributed by atoms with Crippen LogP contribution in [0.25, 0.3) is 0 Å². The van der Waals surface area contributed by atoms with Crippen LogP contribution in [0.3, 0.4) is 0 Å². The van der Waals surface area contributed by atoms with E-state index >= 15 is 0 Å². The van der Waals surface area contributed by atoms with Crippen LogP contribution in [0.5, 0.6) is 0 Å². The second-order valence-corrected chi connectivity index (χ2v) is 4.62. The van der Waals surface area contributed by atoms with Crippen LogP contribution in [0.1, 0.15) is 19.8 Å². The standard InChI is InChI=1S/C11H24N2O/c1-9(13(2)3)7-12-11(8-14-4)10-5-6-10/h9-12H,5-8H2,1-4H3. The highest BCUT2D eigenvalue weighted by molar-refractivity contribution is 4.87. The van der Waals surface area contributed by atoms with Gasteiger partial charge < -0.3 is 15.0 Å². The highest BCUT2D eigenvalue weighted by Crippen LogP contribution is 2.32. The van der Waals surface area contributed by atoms with E-state index < -0.39 is 0 Å². The van der Waals surface area contributed by atoms with Gasteiger partial charge in [0.2, 0.25) is 0 Å². The van der Waals surface area contributed by atoms with Crippen molar-refractivity contribution in [2.24, 2.45) is 5.92 Å². The number of rotatable bonds is 7. The molecule has 2 atom stereocenters. The second-order valence-electron chi connectivity index (χ2n) is 4.62. The molecular weight excluding hydrogens is 176 g/mol. The third-order valence-electron chi connectivity index (χ3n) is 3.09. The lowest BCUT2D eigenvalue weighted by atomic mass is 10.2. The van der Waals surface area contributed by atoms with Crippen molar-refractivity contribution in [3.8, 4) is 0 Å².